The summed E-state index contributed by atoms with van der Waals surface area (Å²) in [6, 6.07) is 5.50. The number of thiazole rings is 1. The summed E-state index contributed by atoms with van der Waals surface area (Å²) in [4.78, 5) is 28.6. The van der Waals surface area contributed by atoms with Crippen LogP contribution in [0.1, 0.15) is 43.8 Å². The van der Waals surface area contributed by atoms with Crippen molar-refractivity contribution in [2.45, 2.75) is 27.7 Å². The van der Waals surface area contributed by atoms with E-state index in [0.29, 0.717) is 27.9 Å². The van der Waals surface area contributed by atoms with Crippen LogP contribution in [0.15, 0.2) is 18.2 Å². The van der Waals surface area contributed by atoms with Crippen LogP contribution in [0.4, 0.5) is 5.13 Å². The Kier molecular flexibility index (Phi) is 4.92. The van der Waals surface area contributed by atoms with Gasteiger partial charge in [0.05, 0.1) is 12.3 Å². The molecule has 0 aliphatic heterocycles. The fourth-order valence-electron chi connectivity index (χ4n) is 1.89. The van der Waals surface area contributed by atoms with Gasteiger partial charge < -0.3 is 4.74 Å². The number of nitrogens with zero attached hydrogens (tertiary/aromatic N) is 1. The fourth-order valence-corrected chi connectivity index (χ4v) is 2.74. The minimum Gasteiger partial charge on any atom is -0.462 e. The monoisotopic (exact) mass is 318 g/mol. The van der Waals surface area contributed by atoms with Gasteiger partial charge in [0.2, 0.25) is 0 Å². The molecular formula is C16H18N2O3S. The lowest BCUT2D eigenvalue weighted by atomic mass is 10.1. The largest absolute Gasteiger partial charge is 0.462 e. The van der Waals surface area contributed by atoms with Gasteiger partial charge in [-0.25, -0.2) is 9.78 Å². The highest BCUT2D eigenvalue weighted by atomic mass is 32.1. The summed E-state index contributed by atoms with van der Waals surface area (Å²) in [7, 11) is 0. The van der Waals surface area contributed by atoms with E-state index >= 15 is 0 Å². The molecule has 1 aromatic heterocycles. The molecule has 1 amide bonds. The lowest BCUT2D eigenvalue weighted by Crippen LogP contribution is -2.12. The van der Waals surface area contributed by atoms with Crippen LogP contribution < -0.4 is 5.32 Å². The predicted molar refractivity (Wildman–Crippen MR) is 86.7 cm³/mol. The average Bonchev–Trinajstić information content (AvgIpc) is 2.82. The van der Waals surface area contributed by atoms with Gasteiger partial charge in [-0.05, 0) is 51.0 Å². The van der Waals surface area contributed by atoms with E-state index in [1.54, 1.807) is 19.9 Å². The van der Waals surface area contributed by atoms with E-state index in [0.717, 1.165) is 22.5 Å². The molecule has 0 spiro atoms. The van der Waals surface area contributed by atoms with E-state index in [1.165, 1.54) is 0 Å². The van der Waals surface area contributed by atoms with Gasteiger partial charge in [0.15, 0.2) is 5.13 Å². The van der Waals surface area contributed by atoms with Crippen molar-refractivity contribution in [1.82, 2.24) is 4.98 Å². The molecule has 1 heterocycles. The molecule has 6 heteroatoms. The van der Waals surface area contributed by atoms with Gasteiger partial charge in [0.25, 0.3) is 5.91 Å². The molecule has 1 N–H and O–H groups in total. The number of rotatable bonds is 4. The number of ether oxygens (including phenoxy) is 1. The Morgan fingerprint density at radius 1 is 1.23 bits per heavy atom. The van der Waals surface area contributed by atoms with Crippen LogP contribution in [0.2, 0.25) is 0 Å². The smallest absolute Gasteiger partial charge is 0.350 e. The summed E-state index contributed by atoms with van der Waals surface area (Å²) in [6.07, 6.45) is 0. The van der Waals surface area contributed by atoms with Gasteiger partial charge in [0, 0.05) is 5.56 Å². The Balaban J connectivity index is 2.16. The number of esters is 1. The van der Waals surface area contributed by atoms with Gasteiger partial charge in [-0.1, -0.05) is 17.4 Å². The number of carbonyl (C=O) groups is 2. The number of hydrogen-bond acceptors (Lipinski definition) is 5. The van der Waals surface area contributed by atoms with Crippen molar-refractivity contribution in [1.29, 1.82) is 0 Å². The van der Waals surface area contributed by atoms with Crippen LogP contribution in [0, 0.1) is 20.8 Å². The van der Waals surface area contributed by atoms with Crippen molar-refractivity contribution in [3.05, 3.63) is 45.5 Å². The van der Waals surface area contributed by atoms with Crippen LogP contribution in [-0.2, 0) is 4.74 Å². The third-order valence-electron chi connectivity index (χ3n) is 3.25. The number of aromatic nitrogens is 1. The maximum absolute atomic E-state index is 12.2. The van der Waals surface area contributed by atoms with E-state index < -0.39 is 5.97 Å². The summed E-state index contributed by atoms with van der Waals surface area (Å²) < 4.78 is 4.96. The summed E-state index contributed by atoms with van der Waals surface area (Å²) in [5, 5.41) is 3.12. The number of anilines is 1. The minimum atomic E-state index is -0.413. The van der Waals surface area contributed by atoms with Gasteiger partial charge >= 0.3 is 5.97 Å². The second-order valence-corrected chi connectivity index (χ2v) is 5.91. The molecule has 5 nitrogen and oxygen atoms in total. The SMILES string of the molecule is CCOC(=O)c1sc(NC(=O)c2ccc(C)c(C)c2)nc1C. The van der Waals surface area contributed by atoms with E-state index in [9.17, 15) is 9.59 Å². The Bertz CT molecular complexity index is 722. The highest BCUT2D eigenvalue weighted by molar-refractivity contribution is 7.17. The number of benzene rings is 1. The zero-order valence-electron chi connectivity index (χ0n) is 13.0. The average molecular weight is 318 g/mol. The first-order valence-corrected chi connectivity index (χ1v) is 7.77. The number of amides is 1. The number of nitrogens with one attached hydrogen (secondary N) is 1. The molecule has 0 bridgehead atoms. The molecule has 116 valence electrons. The van der Waals surface area contributed by atoms with Gasteiger partial charge in [-0.15, -0.1) is 0 Å². The molecule has 0 aliphatic rings. The summed E-state index contributed by atoms with van der Waals surface area (Å²) in [5.74, 6) is -0.656. The van der Waals surface area contributed by atoms with Crippen LogP contribution in [-0.4, -0.2) is 23.5 Å². The normalized spacial score (nSPS) is 10.4. The van der Waals surface area contributed by atoms with E-state index in [-0.39, 0.29) is 5.91 Å². The zero-order chi connectivity index (χ0) is 16.3. The third-order valence-corrected chi connectivity index (χ3v) is 4.30. The number of aryl methyl sites for hydroxylation is 3. The summed E-state index contributed by atoms with van der Waals surface area (Å²) in [5.41, 5.74) is 3.30. The Morgan fingerprint density at radius 3 is 2.59 bits per heavy atom. The second kappa shape index (κ2) is 6.70. The Labute approximate surface area is 133 Å². The number of hydrogen-bond donors (Lipinski definition) is 1. The molecule has 0 aliphatic carbocycles. The first kappa shape index (κ1) is 16.2. The van der Waals surface area contributed by atoms with Crippen molar-refractivity contribution in [3.63, 3.8) is 0 Å². The zero-order valence-corrected chi connectivity index (χ0v) is 13.8. The maximum Gasteiger partial charge on any atom is 0.350 e. The third kappa shape index (κ3) is 3.51. The fraction of sp³-hybridized carbons (Fsp3) is 0.312. The van der Waals surface area contributed by atoms with Crippen molar-refractivity contribution >= 4 is 28.3 Å². The number of carbonyl (C=O) groups excluding carboxylic acids is 2. The molecule has 0 saturated heterocycles. The molecule has 2 aromatic rings. The van der Waals surface area contributed by atoms with E-state index in [1.807, 2.05) is 26.0 Å². The van der Waals surface area contributed by atoms with E-state index in [2.05, 4.69) is 10.3 Å². The summed E-state index contributed by atoms with van der Waals surface area (Å²) >= 11 is 1.12. The van der Waals surface area contributed by atoms with Gasteiger partial charge in [0.1, 0.15) is 4.88 Å². The van der Waals surface area contributed by atoms with Crippen molar-refractivity contribution in [2.75, 3.05) is 11.9 Å². The standard InChI is InChI=1S/C16H18N2O3S/c1-5-21-15(20)13-11(4)17-16(22-13)18-14(19)12-7-6-9(2)10(3)8-12/h6-8H,5H2,1-4H3,(H,17,18,19). The highest BCUT2D eigenvalue weighted by Crippen LogP contribution is 2.24. The predicted octanol–water partition coefficient (Wildman–Crippen LogP) is 3.50. The van der Waals surface area contributed by atoms with Gasteiger partial charge in [-0.3, -0.25) is 10.1 Å². The topological polar surface area (TPSA) is 68.3 Å². The molecule has 2 rings (SSSR count). The van der Waals surface area contributed by atoms with Crippen LogP contribution in [0.3, 0.4) is 0 Å². The van der Waals surface area contributed by atoms with E-state index in [4.69, 9.17) is 4.74 Å². The second-order valence-electron chi connectivity index (χ2n) is 4.91. The van der Waals surface area contributed by atoms with Crippen molar-refractivity contribution in [3.8, 4) is 0 Å². The first-order chi connectivity index (χ1) is 10.4. The molecule has 0 saturated carbocycles. The van der Waals surface area contributed by atoms with Crippen LogP contribution >= 0.6 is 11.3 Å². The molecule has 0 unspecified atom stereocenters. The molecule has 0 radical (unpaired) electrons. The van der Waals surface area contributed by atoms with Crippen molar-refractivity contribution < 1.29 is 14.3 Å². The lowest BCUT2D eigenvalue weighted by Gasteiger charge is -2.04. The molecule has 0 fully saturated rings. The maximum atomic E-state index is 12.2. The Hall–Kier alpha value is -2.21. The Morgan fingerprint density at radius 2 is 1.95 bits per heavy atom. The van der Waals surface area contributed by atoms with Crippen molar-refractivity contribution in [2.24, 2.45) is 0 Å². The molecule has 1 aromatic carbocycles. The quantitative estimate of drug-likeness (QED) is 0.876. The molecular weight excluding hydrogens is 300 g/mol. The lowest BCUT2D eigenvalue weighted by molar-refractivity contribution is 0.0531. The minimum absolute atomic E-state index is 0.243. The molecule has 22 heavy (non-hydrogen) atoms. The first-order valence-electron chi connectivity index (χ1n) is 6.95. The molecule has 0 atom stereocenters. The van der Waals surface area contributed by atoms with Gasteiger partial charge in [-0.2, -0.15) is 0 Å². The highest BCUT2D eigenvalue weighted by Gasteiger charge is 2.18. The summed E-state index contributed by atoms with van der Waals surface area (Å²) in [6.45, 7) is 7.72. The van der Waals surface area contributed by atoms with Crippen LogP contribution in [0.25, 0.3) is 0 Å². The van der Waals surface area contributed by atoms with Crippen LogP contribution in [0.5, 0.6) is 0 Å².